The van der Waals surface area contributed by atoms with Crippen LogP contribution in [0.5, 0.6) is 51.7 Å². The molecule has 9 rings (SSSR count). The van der Waals surface area contributed by atoms with Gasteiger partial charge in [0.25, 0.3) is 47.3 Å². The molecule has 744 valence electrons. The number of anilines is 10. The molecule has 0 aliphatic rings. The lowest BCUT2D eigenvalue weighted by Gasteiger charge is -2.20. The predicted octanol–water partition coefficient (Wildman–Crippen LogP) is 18.3. The largest absolute Gasteiger partial charge is 0.493 e. The Morgan fingerprint density at radius 3 is 0.424 bits per heavy atom. The van der Waals surface area contributed by atoms with Gasteiger partial charge in [-0.15, -0.1) is 0 Å². The quantitative estimate of drug-likeness (QED) is 0.0169. The third kappa shape index (κ3) is 37.1. The molecule has 0 aliphatic heterocycles. The van der Waals surface area contributed by atoms with Crippen LogP contribution in [0.1, 0.15) is 250 Å². The SMILES string of the molecule is CC(C)COc1cc(NC(=O)OC(C)(C)C)nc(NC(=O)c2cc(OCC(C)C)cc(C(=O)Nc3cc(OCC(C)C)cc(NC(=O)c4cc(OCC(C)C)cc(C(=O)Nc5cc(OCC(C)C)cc(NC(=O)c6cc(OCC(C)C)cc(C(=O)Nc7cc(OCC(C)C)cc(NC(=O)c8cc(OCC(C)C)cc(C(=O)Nc9cc(OCC(C)C)cc(NC(=O)OC(C)(C)C)n9)n8)n7)n6)n5)n4)n3)n2)c1. The van der Waals surface area contributed by atoms with Crippen molar-refractivity contribution in [3.8, 4) is 51.7 Å². The number of carbonyl (C=O) groups excluding carboxylic acids is 10. The van der Waals surface area contributed by atoms with Crippen LogP contribution in [0.2, 0.25) is 0 Å². The molecule has 40 heteroatoms. The van der Waals surface area contributed by atoms with Crippen molar-refractivity contribution in [2.45, 2.75) is 177 Å². The number of aromatic nitrogens is 9. The third-order valence-corrected chi connectivity index (χ3v) is 17.5. The molecule has 0 fully saturated rings. The summed E-state index contributed by atoms with van der Waals surface area (Å²) in [5, 5.41) is 26.8. The molecule has 9 aromatic rings. The van der Waals surface area contributed by atoms with Gasteiger partial charge in [-0.25, -0.2) is 54.4 Å². The summed E-state index contributed by atoms with van der Waals surface area (Å²) in [6.45, 7) is 46.5. The van der Waals surface area contributed by atoms with E-state index in [0.717, 1.165) is 0 Å². The Bertz CT molecular complexity index is 5530. The first-order chi connectivity index (χ1) is 65.4. The van der Waals surface area contributed by atoms with Gasteiger partial charge in [-0.3, -0.25) is 49.0 Å². The van der Waals surface area contributed by atoms with Gasteiger partial charge in [0.15, 0.2) is 0 Å². The number of amides is 10. The van der Waals surface area contributed by atoms with Crippen LogP contribution < -0.4 is 95.8 Å². The Balaban J connectivity index is 0.969. The number of nitrogens with one attached hydrogen (secondary N) is 10. The number of carbonyl (C=O) groups is 10. The lowest BCUT2D eigenvalue weighted by Crippen LogP contribution is -2.27. The molecular formula is C99H127N19O21. The number of hydrogen-bond donors (Lipinski definition) is 10. The monoisotopic (exact) mass is 1920 g/mol. The average Bonchev–Trinajstić information content (AvgIpc) is 0.529. The Morgan fingerprint density at radius 1 is 0.194 bits per heavy atom. The molecule has 139 heavy (non-hydrogen) atoms. The van der Waals surface area contributed by atoms with Gasteiger partial charge in [0.05, 0.1) is 59.5 Å². The zero-order valence-electron chi connectivity index (χ0n) is 83.1. The lowest BCUT2D eigenvalue weighted by molar-refractivity contribution is 0.0624. The molecule has 10 amide bonds. The van der Waals surface area contributed by atoms with Gasteiger partial charge >= 0.3 is 12.2 Å². The molecule has 0 radical (unpaired) electrons. The summed E-state index contributed by atoms with van der Waals surface area (Å²) < 4.78 is 65.6. The summed E-state index contributed by atoms with van der Waals surface area (Å²) in [4.78, 5) is 183. The van der Waals surface area contributed by atoms with E-state index in [-0.39, 0.29) is 268 Å². The van der Waals surface area contributed by atoms with Crippen LogP contribution in [-0.4, -0.2) is 175 Å². The van der Waals surface area contributed by atoms with Crippen molar-refractivity contribution >= 4 is 118 Å². The van der Waals surface area contributed by atoms with Gasteiger partial charge in [-0.05, 0) is 94.8 Å². The summed E-state index contributed by atoms with van der Waals surface area (Å²) in [6.07, 6.45) is -1.61. The van der Waals surface area contributed by atoms with E-state index in [2.05, 4.69) is 98.0 Å². The van der Waals surface area contributed by atoms with Crippen molar-refractivity contribution in [2.24, 2.45) is 53.3 Å². The summed E-state index contributed by atoms with van der Waals surface area (Å²) in [5.41, 5.74) is -4.18. The summed E-state index contributed by atoms with van der Waals surface area (Å²) >= 11 is 0. The molecule has 0 saturated carbocycles. The number of hydrogen-bond acceptors (Lipinski definition) is 30. The topological polar surface area (TPSA) is 509 Å². The van der Waals surface area contributed by atoms with Gasteiger partial charge < -0.3 is 94.6 Å². The van der Waals surface area contributed by atoms with Crippen molar-refractivity contribution < 1.29 is 100 Å². The highest BCUT2D eigenvalue weighted by Crippen LogP contribution is 2.33. The van der Waals surface area contributed by atoms with Gasteiger partial charge in [0.1, 0.15) is 167 Å². The molecule has 0 spiro atoms. The van der Waals surface area contributed by atoms with Gasteiger partial charge in [-0.2, -0.15) is 0 Å². The molecule has 0 bridgehead atoms. The average molecular weight is 1920 g/mol. The highest BCUT2D eigenvalue weighted by molar-refractivity contribution is 6.11. The first kappa shape index (κ1) is 108. The van der Waals surface area contributed by atoms with E-state index in [1.165, 1.54) is 109 Å². The first-order valence-electron chi connectivity index (χ1n) is 45.8. The van der Waals surface area contributed by atoms with Crippen molar-refractivity contribution in [1.29, 1.82) is 0 Å². The van der Waals surface area contributed by atoms with E-state index >= 15 is 0 Å². The third-order valence-electron chi connectivity index (χ3n) is 17.5. The maximum absolute atomic E-state index is 14.8. The molecule has 9 heterocycles. The van der Waals surface area contributed by atoms with Crippen molar-refractivity contribution in [1.82, 2.24) is 44.9 Å². The molecule has 10 N–H and O–H groups in total. The minimum Gasteiger partial charge on any atom is -0.493 e. The van der Waals surface area contributed by atoms with E-state index in [1.807, 2.05) is 125 Å². The van der Waals surface area contributed by atoms with E-state index < -0.39 is 70.6 Å². The standard InChI is InChI=1S/C99H127N19O21/c1-52(2)43-129-61-25-70(100-72(27-61)90(121)111-80-35-66(134-48-57(11)12)37-82(105-80)113-92(123)74-29-63(131-45-54(5)6)31-76(102-74)94(125)115-84-39-68(136-50-59(15)16)41-86(107-84)117-96(127)138-98(19,20)21)88(119)109-78-33-65(133-47-56(9)10)34-79(104-78)110-89(120)71-26-62(130-44-53(3)4)28-73(101-71)91(122)112-81-36-67(135-49-58(13)14)38-83(106-81)114-93(124)75-30-64(132-46-55(7)8)32-77(103-75)95(126)116-85-40-69(137-51-60(17)18)42-87(108-85)118-97(128)139-99(22,23)24/h25-42,52-60H,43-51H2,1-24H3,(H2,104,109,110,119,120)(H2,105,111,113,121,123)(H2,106,112,114,122,124)(H2,107,115,117,125,127)(H2,108,116,118,126,128). The fourth-order valence-electron chi connectivity index (χ4n) is 11.5. The van der Waals surface area contributed by atoms with E-state index in [4.69, 9.17) is 52.1 Å². The normalized spacial score (nSPS) is 11.4. The lowest BCUT2D eigenvalue weighted by atomic mass is 10.2. The zero-order valence-corrected chi connectivity index (χ0v) is 83.1. The van der Waals surface area contributed by atoms with Gasteiger partial charge in [0.2, 0.25) is 0 Å². The Labute approximate surface area is 808 Å². The predicted molar refractivity (Wildman–Crippen MR) is 524 cm³/mol. The maximum Gasteiger partial charge on any atom is 0.413 e. The number of ether oxygens (including phenoxy) is 11. The molecule has 0 unspecified atom stereocenters. The number of nitrogens with zero attached hydrogens (tertiary/aromatic N) is 9. The second kappa shape index (κ2) is 49.6. The molecular weight excluding hydrogens is 1790 g/mol. The number of pyridine rings is 9. The molecule has 40 nitrogen and oxygen atoms in total. The second-order valence-corrected chi connectivity index (χ2v) is 38.4. The van der Waals surface area contributed by atoms with Crippen molar-refractivity contribution in [3.05, 3.63) is 155 Å². The molecule has 0 saturated heterocycles. The fourth-order valence-corrected chi connectivity index (χ4v) is 11.5. The van der Waals surface area contributed by atoms with Crippen LogP contribution in [0.4, 0.5) is 67.8 Å². The van der Waals surface area contributed by atoms with Gasteiger partial charge in [0, 0.05) is 109 Å². The highest BCUT2D eigenvalue weighted by Gasteiger charge is 2.29. The Morgan fingerprint density at radius 2 is 0.309 bits per heavy atom. The van der Waals surface area contributed by atoms with Crippen molar-refractivity contribution in [2.75, 3.05) is 113 Å². The Hall–Kier alpha value is -15.2. The molecule has 9 aromatic heterocycles. The van der Waals surface area contributed by atoms with Crippen LogP contribution in [0.3, 0.4) is 0 Å². The Kier molecular flexibility index (Phi) is 38.3. The van der Waals surface area contributed by atoms with E-state index in [0.29, 0.717) is 0 Å². The zero-order chi connectivity index (χ0) is 102. The van der Waals surface area contributed by atoms with E-state index in [1.54, 1.807) is 41.5 Å². The highest BCUT2D eigenvalue weighted by atomic mass is 16.6. The van der Waals surface area contributed by atoms with E-state index in [9.17, 15) is 47.9 Å². The first-order valence-corrected chi connectivity index (χ1v) is 45.8. The molecule has 0 aliphatic carbocycles. The fraction of sp³-hybridized carbons (Fsp3) is 0.444. The van der Waals surface area contributed by atoms with Crippen molar-refractivity contribution in [3.63, 3.8) is 0 Å². The summed E-state index contributed by atoms with van der Waals surface area (Å²) in [7, 11) is 0. The van der Waals surface area contributed by atoms with Crippen LogP contribution in [0.25, 0.3) is 0 Å². The number of rotatable bonds is 45. The summed E-state index contributed by atoms with van der Waals surface area (Å²) in [5.74, 6) is -6.60. The van der Waals surface area contributed by atoms with Gasteiger partial charge in [-0.1, -0.05) is 125 Å². The minimum absolute atomic E-state index is 0.00158. The minimum atomic E-state index is -0.912. The van der Waals surface area contributed by atoms with Crippen LogP contribution in [0, 0.1) is 53.3 Å². The van der Waals surface area contributed by atoms with Crippen LogP contribution in [0.15, 0.2) is 109 Å². The maximum atomic E-state index is 14.8. The smallest absolute Gasteiger partial charge is 0.413 e. The molecule has 0 atom stereocenters. The second-order valence-electron chi connectivity index (χ2n) is 38.4. The summed E-state index contributed by atoms with van der Waals surface area (Å²) in [6, 6.07) is 24.9. The van der Waals surface area contributed by atoms with Crippen LogP contribution in [-0.2, 0) is 9.47 Å². The van der Waals surface area contributed by atoms with Crippen LogP contribution >= 0.6 is 0 Å². The molecule has 0 aromatic carbocycles.